The van der Waals surface area contributed by atoms with E-state index in [4.69, 9.17) is 0 Å². The Morgan fingerprint density at radius 1 is 0.867 bits per heavy atom. The smallest absolute Gasteiger partial charge is 0.0270 e. The van der Waals surface area contributed by atoms with Crippen molar-refractivity contribution >= 4 is 9.16 Å². The quantitative estimate of drug-likeness (QED) is 0.606. The zero-order chi connectivity index (χ0) is 12.1. The summed E-state index contributed by atoms with van der Waals surface area (Å²) >= 11 is 0. The molecule has 0 spiro atoms. The summed E-state index contributed by atoms with van der Waals surface area (Å²) in [6, 6.07) is 0. The van der Waals surface area contributed by atoms with Crippen molar-refractivity contribution in [3.63, 3.8) is 0 Å². The Labute approximate surface area is 98.5 Å². The van der Waals surface area contributed by atoms with Gasteiger partial charge < -0.3 is 0 Å². The molecule has 0 aliphatic carbocycles. The van der Waals surface area contributed by atoms with Crippen molar-refractivity contribution in [2.75, 3.05) is 18.3 Å². The van der Waals surface area contributed by atoms with Crippen molar-refractivity contribution in [2.45, 2.75) is 70.8 Å². The fourth-order valence-electron chi connectivity index (χ4n) is 3.02. The van der Waals surface area contributed by atoms with Crippen LogP contribution in [0.4, 0.5) is 0 Å². The summed E-state index contributed by atoms with van der Waals surface area (Å²) in [4.78, 5) is 0. The van der Waals surface area contributed by atoms with Crippen LogP contribution in [0, 0.1) is 0 Å². The van der Waals surface area contributed by atoms with Crippen molar-refractivity contribution < 1.29 is 0 Å². The van der Waals surface area contributed by atoms with Gasteiger partial charge in [-0.2, -0.15) is 0 Å². The molecule has 0 bridgehead atoms. The van der Waals surface area contributed by atoms with Gasteiger partial charge in [-0.3, -0.25) is 9.16 Å². The first-order valence-electron chi connectivity index (χ1n) is 6.82. The predicted octanol–water partition coefficient (Wildman–Crippen LogP) is 4.72. The standard InChI is InChI=1S/C14H34S/c1-8-11-14(5)15(6,7,12-9-2)13(4)10-3/h13-15H,8-12H2,1-7H3. The highest BCUT2D eigenvalue weighted by Crippen LogP contribution is 2.72. The van der Waals surface area contributed by atoms with Crippen LogP contribution in [-0.2, 0) is 0 Å². The van der Waals surface area contributed by atoms with Gasteiger partial charge in [-0.05, 0) is 48.0 Å². The fraction of sp³-hybridized carbons (Fsp3) is 1.00. The highest BCUT2D eigenvalue weighted by atomic mass is 32.3. The maximum atomic E-state index is 2.66. The minimum atomic E-state index is -1.46. The number of rotatable bonds is 7. The van der Waals surface area contributed by atoms with Gasteiger partial charge in [-0.1, -0.05) is 41.0 Å². The highest BCUT2D eigenvalue weighted by Gasteiger charge is 2.39. The Bertz CT molecular complexity index is 184. The van der Waals surface area contributed by atoms with E-state index in [2.05, 4.69) is 47.1 Å². The third-order valence-electron chi connectivity index (χ3n) is 5.12. The third-order valence-corrected chi connectivity index (χ3v) is 13.4. The summed E-state index contributed by atoms with van der Waals surface area (Å²) in [6.45, 7) is 12.1. The lowest BCUT2D eigenvalue weighted by molar-refractivity contribution is 0.750. The first-order chi connectivity index (χ1) is 6.82. The molecule has 0 nitrogen and oxygen atoms in total. The number of hydrogen-bond donors (Lipinski definition) is 1. The van der Waals surface area contributed by atoms with Crippen LogP contribution >= 0.6 is 9.16 Å². The lowest BCUT2D eigenvalue weighted by Gasteiger charge is -2.64. The van der Waals surface area contributed by atoms with Gasteiger partial charge in [-0.15, -0.1) is 0 Å². The van der Waals surface area contributed by atoms with E-state index in [0.717, 1.165) is 10.5 Å². The Morgan fingerprint density at radius 3 is 1.73 bits per heavy atom. The van der Waals surface area contributed by atoms with Crippen LogP contribution < -0.4 is 0 Å². The van der Waals surface area contributed by atoms with Crippen LogP contribution in [0.1, 0.15) is 60.3 Å². The van der Waals surface area contributed by atoms with Crippen LogP contribution in [0.15, 0.2) is 0 Å². The maximum Gasteiger partial charge on any atom is -0.0270 e. The van der Waals surface area contributed by atoms with Crippen molar-refractivity contribution in [3.05, 3.63) is 0 Å². The molecule has 0 aliphatic rings. The molecule has 0 saturated carbocycles. The fourth-order valence-corrected chi connectivity index (χ4v) is 8.49. The normalized spacial score (nSPS) is 19.3. The van der Waals surface area contributed by atoms with Gasteiger partial charge in [0.1, 0.15) is 0 Å². The van der Waals surface area contributed by atoms with Gasteiger partial charge >= 0.3 is 0 Å². The monoisotopic (exact) mass is 234 g/mol. The summed E-state index contributed by atoms with van der Waals surface area (Å²) in [7, 11) is -1.46. The SMILES string of the molecule is CCCC(C)[SH](C)(C)(CCC)C(C)CC. The van der Waals surface area contributed by atoms with E-state index in [9.17, 15) is 0 Å². The summed E-state index contributed by atoms with van der Waals surface area (Å²) in [5.74, 6) is 1.49. The lowest BCUT2D eigenvalue weighted by Crippen LogP contribution is -2.38. The number of hydrogen-bond acceptors (Lipinski definition) is 0. The van der Waals surface area contributed by atoms with Gasteiger partial charge in [-0.25, -0.2) is 0 Å². The van der Waals surface area contributed by atoms with Gasteiger partial charge in [0, 0.05) is 0 Å². The molecule has 0 N–H and O–H groups in total. The van der Waals surface area contributed by atoms with Gasteiger partial charge in [0.2, 0.25) is 0 Å². The van der Waals surface area contributed by atoms with Crippen molar-refractivity contribution in [3.8, 4) is 0 Å². The van der Waals surface area contributed by atoms with Crippen LogP contribution in [0.5, 0.6) is 0 Å². The van der Waals surface area contributed by atoms with Crippen molar-refractivity contribution in [2.24, 2.45) is 0 Å². The summed E-state index contributed by atoms with van der Waals surface area (Å²) in [5, 5.41) is 1.90. The lowest BCUT2D eigenvalue weighted by atomic mass is 10.3. The summed E-state index contributed by atoms with van der Waals surface area (Å²) < 4.78 is 0. The Balaban J connectivity index is 4.99. The van der Waals surface area contributed by atoms with E-state index in [0.29, 0.717) is 0 Å². The van der Waals surface area contributed by atoms with Gasteiger partial charge in [0.25, 0.3) is 0 Å². The molecule has 0 saturated heterocycles. The van der Waals surface area contributed by atoms with Crippen molar-refractivity contribution in [1.82, 2.24) is 0 Å². The molecule has 0 aromatic rings. The van der Waals surface area contributed by atoms with Crippen LogP contribution in [0.25, 0.3) is 0 Å². The van der Waals surface area contributed by atoms with E-state index in [-0.39, 0.29) is 0 Å². The molecule has 2 atom stereocenters. The molecule has 96 valence electrons. The largest absolute Gasteiger partial charge is 0.283 e. The second-order valence-electron chi connectivity index (χ2n) is 6.25. The molecule has 0 radical (unpaired) electrons. The summed E-state index contributed by atoms with van der Waals surface area (Å²) in [5.41, 5.74) is 0. The Morgan fingerprint density at radius 2 is 1.40 bits per heavy atom. The molecule has 0 rings (SSSR count). The molecule has 1 heteroatoms. The van der Waals surface area contributed by atoms with Crippen molar-refractivity contribution in [1.29, 1.82) is 0 Å². The minimum absolute atomic E-state index is 0.942. The maximum absolute atomic E-state index is 2.66. The second-order valence-corrected chi connectivity index (χ2v) is 13.7. The van der Waals surface area contributed by atoms with Crippen LogP contribution in [0.2, 0.25) is 0 Å². The molecule has 0 fully saturated rings. The number of thiol groups is 1. The molecule has 15 heavy (non-hydrogen) atoms. The molecule has 0 aliphatic heterocycles. The molecule has 0 amide bonds. The summed E-state index contributed by atoms with van der Waals surface area (Å²) in [6.07, 6.45) is 10.8. The zero-order valence-corrected chi connectivity index (χ0v) is 13.0. The van der Waals surface area contributed by atoms with E-state index in [1.54, 1.807) is 0 Å². The molecular formula is C14H34S. The van der Waals surface area contributed by atoms with E-state index < -0.39 is 9.16 Å². The van der Waals surface area contributed by atoms with E-state index >= 15 is 0 Å². The third kappa shape index (κ3) is 3.15. The Hall–Kier alpha value is 0.350. The average Bonchev–Trinajstić information content (AvgIpc) is 2.17. The first kappa shape index (κ1) is 15.3. The molecular weight excluding hydrogens is 200 g/mol. The van der Waals surface area contributed by atoms with Crippen LogP contribution in [0.3, 0.4) is 0 Å². The molecule has 0 aromatic carbocycles. The zero-order valence-electron chi connectivity index (χ0n) is 12.1. The second kappa shape index (κ2) is 5.61. The minimum Gasteiger partial charge on any atom is -0.283 e. The molecule has 2 unspecified atom stereocenters. The van der Waals surface area contributed by atoms with Gasteiger partial charge in [0.05, 0.1) is 0 Å². The topological polar surface area (TPSA) is 0 Å². The van der Waals surface area contributed by atoms with E-state index in [1.807, 2.05) is 0 Å². The highest BCUT2D eigenvalue weighted by molar-refractivity contribution is 8.49. The van der Waals surface area contributed by atoms with Gasteiger partial charge in [0.15, 0.2) is 0 Å². The predicted molar refractivity (Wildman–Crippen MR) is 80.1 cm³/mol. The average molecular weight is 234 g/mol. The Kier molecular flexibility index (Phi) is 5.74. The first-order valence-corrected chi connectivity index (χ1v) is 10.3. The van der Waals surface area contributed by atoms with E-state index in [1.165, 1.54) is 31.4 Å². The molecule has 0 aromatic heterocycles. The molecule has 0 heterocycles. The van der Waals surface area contributed by atoms with Crippen LogP contribution in [-0.4, -0.2) is 28.8 Å².